The van der Waals surface area contributed by atoms with Crippen molar-refractivity contribution in [1.29, 1.82) is 0 Å². The molecule has 4 aliphatic heterocycles. The average molecular weight is 667 g/mol. The van der Waals surface area contributed by atoms with Gasteiger partial charge in [-0.3, -0.25) is 19.3 Å². The standard InChI is InChI=1S/C34H27Cl4N3O3/c35-23-9-7-19(28(37)14-23)12-21-17-40(18-22(31(21)42)13-20-8-10-24(36)15-29(20)38)32(43)27-16-25-4-3-11-41(25)34(27)26-5-1-2-6-30(26)39-33(34)44/h1-2,5-10,12-15,25,27H,3-4,11,16-18H2,(H,39,44)/b21-12+,22-13+/t25-,27-,34+/m1/s1. The van der Waals surface area contributed by atoms with E-state index in [-0.39, 0.29) is 36.7 Å². The van der Waals surface area contributed by atoms with Crippen molar-refractivity contribution < 1.29 is 14.4 Å². The van der Waals surface area contributed by atoms with Crippen molar-refractivity contribution in [2.24, 2.45) is 5.92 Å². The van der Waals surface area contributed by atoms with Gasteiger partial charge in [-0.05, 0) is 79.4 Å². The van der Waals surface area contributed by atoms with Crippen molar-refractivity contribution in [3.8, 4) is 0 Å². The zero-order valence-electron chi connectivity index (χ0n) is 23.5. The molecular formula is C34H27Cl4N3O3. The van der Waals surface area contributed by atoms with Crippen LogP contribution in [-0.2, 0) is 19.9 Å². The molecule has 0 radical (unpaired) electrons. The number of carbonyl (C=O) groups excluding carboxylic acids is 3. The van der Waals surface area contributed by atoms with Gasteiger partial charge in [0.25, 0.3) is 0 Å². The maximum Gasteiger partial charge on any atom is 0.250 e. The van der Waals surface area contributed by atoms with Crippen LogP contribution < -0.4 is 5.32 Å². The summed E-state index contributed by atoms with van der Waals surface area (Å²) in [6.45, 7) is 0.890. The van der Waals surface area contributed by atoms with Crippen LogP contribution in [0.1, 0.15) is 36.0 Å². The van der Waals surface area contributed by atoms with Gasteiger partial charge < -0.3 is 10.2 Å². The van der Waals surface area contributed by atoms with Gasteiger partial charge >= 0.3 is 0 Å². The highest BCUT2D eigenvalue weighted by molar-refractivity contribution is 6.36. The normalized spacial score (nSPS) is 26.5. The molecule has 0 unspecified atom stereocenters. The largest absolute Gasteiger partial charge is 0.333 e. The second-order valence-electron chi connectivity index (χ2n) is 11.7. The quantitative estimate of drug-likeness (QED) is 0.294. The van der Waals surface area contributed by atoms with Crippen LogP contribution in [0, 0.1) is 5.92 Å². The molecule has 4 heterocycles. The van der Waals surface area contributed by atoms with Crippen LogP contribution in [0.4, 0.5) is 5.69 Å². The van der Waals surface area contributed by atoms with E-state index >= 15 is 0 Å². The first-order valence-electron chi connectivity index (χ1n) is 14.5. The van der Waals surface area contributed by atoms with Gasteiger partial charge in [0.2, 0.25) is 11.8 Å². The summed E-state index contributed by atoms with van der Waals surface area (Å²) in [6, 6.07) is 17.9. The zero-order valence-corrected chi connectivity index (χ0v) is 26.5. The predicted octanol–water partition coefficient (Wildman–Crippen LogP) is 7.51. The van der Waals surface area contributed by atoms with E-state index in [1.807, 2.05) is 24.3 Å². The van der Waals surface area contributed by atoms with Crippen molar-refractivity contribution in [3.63, 3.8) is 0 Å². The Hall–Kier alpha value is -3.13. The van der Waals surface area contributed by atoms with Crippen LogP contribution in [0.25, 0.3) is 12.2 Å². The first kappa shape index (κ1) is 29.6. The molecule has 1 N–H and O–H groups in total. The van der Waals surface area contributed by atoms with E-state index in [0.29, 0.717) is 48.8 Å². The van der Waals surface area contributed by atoms with Gasteiger partial charge in [-0.2, -0.15) is 0 Å². The lowest BCUT2D eigenvalue weighted by atomic mass is 9.77. The molecule has 0 bridgehead atoms. The fraction of sp³-hybridized carbons (Fsp3) is 0.265. The fourth-order valence-corrected chi connectivity index (χ4v) is 8.32. The number of amides is 2. The minimum Gasteiger partial charge on any atom is -0.333 e. The van der Waals surface area contributed by atoms with E-state index in [2.05, 4.69) is 10.2 Å². The molecule has 44 heavy (non-hydrogen) atoms. The summed E-state index contributed by atoms with van der Waals surface area (Å²) in [5.41, 5.74) is 2.51. The Bertz CT molecular complexity index is 1730. The lowest BCUT2D eigenvalue weighted by Crippen LogP contribution is -2.56. The van der Waals surface area contributed by atoms with Gasteiger partial charge in [-0.1, -0.05) is 76.7 Å². The molecule has 3 aromatic rings. The van der Waals surface area contributed by atoms with Gasteiger partial charge in [-0.15, -0.1) is 0 Å². The number of nitrogens with one attached hydrogen (secondary N) is 1. The third-order valence-electron chi connectivity index (χ3n) is 9.27. The number of benzene rings is 3. The maximum atomic E-state index is 14.7. The van der Waals surface area contributed by atoms with E-state index in [4.69, 9.17) is 46.4 Å². The van der Waals surface area contributed by atoms with Gasteiger partial charge in [-0.25, -0.2) is 0 Å². The second-order valence-corrected chi connectivity index (χ2v) is 13.4. The summed E-state index contributed by atoms with van der Waals surface area (Å²) >= 11 is 25.2. The predicted molar refractivity (Wildman–Crippen MR) is 175 cm³/mol. The summed E-state index contributed by atoms with van der Waals surface area (Å²) < 4.78 is 0. The third kappa shape index (κ3) is 4.79. The van der Waals surface area contributed by atoms with Crippen molar-refractivity contribution in [1.82, 2.24) is 9.80 Å². The second kappa shape index (κ2) is 11.3. The first-order valence-corrected chi connectivity index (χ1v) is 16.0. The van der Waals surface area contributed by atoms with E-state index in [1.165, 1.54) is 0 Å². The molecule has 2 amide bonds. The molecule has 1 spiro atoms. The summed E-state index contributed by atoms with van der Waals surface area (Å²) in [7, 11) is 0. The number of carbonyl (C=O) groups is 3. The Morgan fingerprint density at radius 2 is 1.48 bits per heavy atom. The summed E-state index contributed by atoms with van der Waals surface area (Å²) in [5, 5.41) is 4.80. The number of para-hydroxylation sites is 1. The van der Waals surface area contributed by atoms with Crippen LogP contribution in [0.5, 0.6) is 0 Å². The number of ketones is 1. The molecule has 10 heteroatoms. The smallest absolute Gasteiger partial charge is 0.250 e. The number of nitrogens with zero attached hydrogens (tertiary/aromatic N) is 2. The van der Waals surface area contributed by atoms with Gasteiger partial charge in [0.05, 0.1) is 5.92 Å². The monoisotopic (exact) mass is 665 g/mol. The van der Waals surface area contributed by atoms with E-state index in [9.17, 15) is 14.4 Å². The van der Waals surface area contributed by atoms with Gasteiger partial charge in [0.15, 0.2) is 5.78 Å². The lowest BCUT2D eigenvalue weighted by Gasteiger charge is -2.39. The van der Waals surface area contributed by atoms with Gasteiger partial charge in [0, 0.05) is 61.6 Å². The van der Waals surface area contributed by atoms with Crippen LogP contribution >= 0.6 is 46.4 Å². The van der Waals surface area contributed by atoms with Crippen molar-refractivity contribution in [2.75, 3.05) is 25.0 Å². The number of fused-ring (bicyclic) bond motifs is 4. The Balaban J connectivity index is 1.32. The van der Waals surface area contributed by atoms with E-state index < -0.39 is 11.5 Å². The molecule has 0 aliphatic carbocycles. The number of hydrogen-bond acceptors (Lipinski definition) is 4. The molecule has 3 saturated heterocycles. The molecule has 0 saturated carbocycles. The molecule has 3 atom stereocenters. The number of piperidine rings is 1. The highest BCUT2D eigenvalue weighted by Crippen LogP contribution is 2.55. The van der Waals surface area contributed by atoms with E-state index in [0.717, 1.165) is 30.6 Å². The zero-order chi connectivity index (χ0) is 30.7. The Kier molecular flexibility index (Phi) is 7.62. The third-order valence-corrected chi connectivity index (χ3v) is 10.4. The van der Waals surface area contributed by atoms with Crippen molar-refractivity contribution >= 4 is 81.8 Å². The number of likely N-dealkylation sites (tertiary alicyclic amines) is 1. The first-order chi connectivity index (χ1) is 21.2. The van der Waals surface area contributed by atoms with Crippen LogP contribution in [0.3, 0.4) is 0 Å². The Labute approximate surface area is 275 Å². The Morgan fingerprint density at radius 3 is 2.09 bits per heavy atom. The topological polar surface area (TPSA) is 69.7 Å². The molecule has 3 aromatic carbocycles. The Morgan fingerprint density at radius 1 is 0.864 bits per heavy atom. The minimum atomic E-state index is -1.09. The molecule has 224 valence electrons. The summed E-state index contributed by atoms with van der Waals surface area (Å²) in [5.74, 6) is -1.16. The number of halogens is 4. The number of anilines is 1. The molecule has 7 rings (SSSR count). The highest BCUT2D eigenvalue weighted by atomic mass is 35.5. The van der Waals surface area contributed by atoms with Crippen LogP contribution in [0.2, 0.25) is 20.1 Å². The molecule has 4 aliphatic rings. The van der Waals surface area contributed by atoms with Crippen LogP contribution in [0.15, 0.2) is 71.8 Å². The minimum absolute atomic E-state index is 0.0722. The summed E-state index contributed by atoms with van der Waals surface area (Å²) in [4.78, 5) is 46.5. The maximum absolute atomic E-state index is 14.7. The SMILES string of the molecule is O=C1/C(=C/c2ccc(Cl)cc2Cl)CN(C(=O)[C@H]2C[C@H]3CCCN3[C@]23C(=O)Nc2ccccc23)C/C1=C\c1ccc(Cl)cc1Cl. The lowest BCUT2D eigenvalue weighted by molar-refractivity contribution is -0.144. The molecular weight excluding hydrogens is 640 g/mol. The summed E-state index contributed by atoms with van der Waals surface area (Å²) in [6.07, 6.45) is 5.88. The van der Waals surface area contributed by atoms with Crippen molar-refractivity contribution in [3.05, 3.63) is 109 Å². The fourth-order valence-electron chi connectivity index (χ4n) is 7.39. The average Bonchev–Trinajstić information content (AvgIpc) is 3.66. The van der Waals surface area contributed by atoms with Crippen LogP contribution in [-0.4, -0.2) is 53.1 Å². The number of hydrogen-bond donors (Lipinski definition) is 1. The molecule has 3 fully saturated rings. The van der Waals surface area contributed by atoms with Crippen molar-refractivity contribution in [2.45, 2.75) is 30.8 Å². The van der Waals surface area contributed by atoms with Gasteiger partial charge in [0.1, 0.15) is 5.54 Å². The molecule has 6 nitrogen and oxygen atoms in total. The molecule has 0 aromatic heterocycles. The number of Topliss-reactive ketones (excluding diaryl/α,β-unsaturated/α-hetero) is 1. The highest BCUT2D eigenvalue weighted by Gasteiger charge is 2.66. The van der Waals surface area contributed by atoms with E-state index in [1.54, 1.807) is 53.5 Å². The number of rotatable bonds is 3.